The van der Waals surface area contributed by atoms with Gasteiger partial charge in [-0.1, -0.05) is 0 Å². The Labute approximate surface area is 71.8 Å². The van der Waals surface area contributed by atoms with Gasteiger partial charge in [0.1, 0.15) is 7.05 Å². The lowest BCUT2D eigenvalue weighted by Crippen LogP contribution is -2.26. The first-order chi connectivity index (χ1) is 5.33. The van der Waals surface area contributed by atoms with E-state index in [2.05, 4.69) is 30.0 Å². The Balaban J connectivity index is 2.79. The summed E-state index contributed by atoms with van der Waals surface area (Å²) in [6.07, 6.45) is 8.27. The van der Waals surface area contributed by atoms with Crippen LogP contribution in [-0.2, 0) is 7.05 Å². The lowest BCUT2D eigenvalue weighted by Gasteiger charge is -1.88. The molecule has 0 aliphatic carbocycles. The topological polar surface area (TPSA) is 3.88 Å². The van der Waals surface area contributed by atoms with Crippen LogP contribution < -0.4 is 4.57 Å². The average Bonchev–Trinajstić information content (AvgIpc) is 2.01. The van der Waals surface area contributed by atoms with Crippen molar-refractivity contribution in [2.24, 2.45) is 7.05 Å². The van der Waals surface area contributed by atoms with Crippen LogP contribution in [0, 0.1) is 0 Å². The van der Waals surface area contributed by atoms with Crippen LogP contribution in [0.5, 0.6) is 0 Å². The minimum Gasteiger partial charge on any atom is -0.207 e. The van der Waals surface area contributed by atoms with Gasteiger partial charge in [0, 0.05) is 11.6 Å². The maximum absolute atomic E-state index is 2.10. The Hall–Kier alpha value is -0.760. The number of hydrogen-bond acceptors (Lipinski definition) is 1. The zero-order chi connectivity index (χ0) is 8.10. The highest BCUT2D eigenvalue weighted by molar-refractivity contribution is 8.01. The molecule has 0 aliphatic rings. The van der Waals surface area contributed by atoms with Gasteiger partial charge in [0.15, 0.2) is 12.4 Å². The van der Waals surface area contributed by atoms with Crippen LogP contribution in [0.25, 0.3) is 6.08 Å². The van der Waals surface area contributed by atoms with E-state index in [-0.39, 0.29) is 0 Å². The molecular formula is C9H12NS+. The molecule has 1 aromatic rings. The molecule has 0 bridgehead atoms. The highest BCUT2D eigenvalue weighted by atomic mass is 32.2. The zero-order valence-electron chi connectivity index (χ0n) is 6.82. The van der Waals surface area contributed by atoms with E-state index in [0.29, 0.717) is 0 Å². The van der Waals surface area contributed by atoms with Crippen LogP contribution in [-0.4, -0.2) is 6.26 Å². The second-order valence-corrected chi connectivity index (χ2v) is 3.08. The number of hydrogen-bond donors (Lipinski definition) is 0. The lowest BCUT2D eigenvalue weighted by molar-refractivity contribution is -0.671. The van der Waals surface area contributed by atoms with Crippen molar-refractivity contribution < 1.29 is 4.57 Å². The molecule has 1 rings (SSSR count). The van der Waals surface area contributed by atoms with Gasteiger partial charge < -0.3 is 0 Å². The van der Waals surface area contributed by atoms with Crippen molar-refractivity contribution in [1.82, 2.24) is 0 Å². The molecule has 0 saturated carbocycles. The van der Waals surface area contributed by atoms with Crippen LogP contribution in [0.3, 0.4) is 0 Å². The summed E-state index contributed by atoms with van der Waals surface area (Å²) in [6, 6.07) is 4.13. The number of aryl methyl sites for hydroxylation is 1. The van der Waals surface area contributed by atoms with Crippen molar-refractivity contribution in [3.05, 3.63) is 35.5 Å². The van der Waals surface area contributed by atoms with Crippen LogP contribution in [0.15, 0.2) is 29.9 Å². The molecule has 0 unspecified atom stereocenters. The van der Waals surface area contributed by atoms with Crippen molar-refractivity contribution in [1.29, 1.82) is 0 Å². The minimum absolute atomic E-state index is 1.24. The molecule has 1 heterocycles. The molecule has 1 aromatic heterocycles. The summed E-state index contributed by atoms with van der Waals surface area (Å²) in [5, 5.41) is 2.08. The monoisotopic (exact) mass is 166 g/mol. The molecule has 1 nitrogen and oxygen atoms in total. The number of nitrogens with zero attached hydrogens (tertiary/aromatic N) is 1. The van der Waals surface area contributed by atoms with Gasteiger partial charge in [-0.05, 0) is 23.8 Å². The SMILES string of the molecule is CS/C=C\c1ccc[n+](C)c1. The Morgan fingerprint density at radius 2 is 2.36 bits per heavy atom. The number of thioether (sulfide) groups is 1. The third-order valence-corrected chi connectivity index (χ3v) is 1.77. The minimum atomic E-state index is 1.24. The standard InChI is InChI=1S/C9H12NS/c1-10-6-3-4-9(8-10)5-7-11-2/h3-8H,1-2H3/q+1/b7-5-. The van der Waals surface area contributed by atoms with Crippen molar-refractivity contribution in [2.75, 3.05) is 6.26 Å². The normalized spacial score (nSPS) is 10.7. The fourth-order valence-corrected chi connectivity index (χ4v) is 1.15. The summed E-state index contributed by atoms with van der Waals surface area (Å²) >= 11 is 1.71. The van der Waals surface area contributed by atoms with E-state index in [1.807, 2.05) is 23.9 Å². The molecule has 11 heavy (non-hydrogen) atoms. The molecule has 2 heteroatoms. The Kier molecular flexibility index (Phi) is 3.17. The van der Waals surface area contributed by atoms with E-state index < -0.39 is 0 Å². The first kappa shape index (κ1) is 8.34. The van der Waals surface area contributed by atoms with Crippen LogP contribution >= 0.6 is 11.8 Å². The van der Waals surface area contributed by atoms with Crippen molar-refractivity contribution in [3.8, 4) is 0 Å². The Morgan fingerprint density at radius 3 is 3.00 bits per heavy atom. The van der Waals surface area contributed by atoms with Gasteiger partial charge in [-0.2, -0.15) is 0 Å². The summed E-state index contributed by atoms with van der Waals surface area (Å²) in [6.45, 7) is 0. The Bertz CT molecular complexity index is 255. The van der Waals surface area contributed by atoms with E-state index in [1.54, 1.807) is 11.8 Å². The van der Waals surface area contributed by atoms with E-state index >= 15 is 0 Å². The summed E-state index contributed by atoms with van der Waals surface area (Å²) in [5.74, 6) is 0. The molecule has 0 aromatic carbocycles. The fourth-order valence-electron chi connectivity index (χ4n) is 0.856. The quantitative estimate of drug-likeness (QED) is 0.606. The van der Waals surface area contributed by atoms with Crippen molar-refractivity contribution >= 4 is 17.8 Å². The van der Waals surface area contributed by atoms with Gasteiger partial charge in [0.25, 0.3) is 0 Å². The highest BCUT2D eigenvalue weighted by Crippen LogP contribution is 2.02. The van der Waals surface area contributed by atoms with Gasteiger partial charge in [0.2, 0.25) is 0 Å². The second-order valence-electron chi connectivity index (χ2n) is 2.34. The van der Waals surface area contributed by atoms with Crippen molar-refractivity contribution in [3.63, 3.8) is 0 Å². The number of rotatable bonds is 2. The molecular weight excluding hydrogens is 154 g/mol. The maximum Gasteiger partial charge on any atom is 0.175 e. The Morgan fingerprint density at radius 1 is 1.55 bits per heavy atom. The first-order valence-electron chi connectivity index (χ1n) is 3.47. The average molecular weight is 166 g/mol. The van der Waals surface area contributed by atoms with E-state index in [0.717, 1.165) is 0 Å². The zero-order valence-corrected chi connectivity index (χ0v) is 7.64. The van der Waals surface area contributed by atoms with Gasteiger partial charge in [-0.3, -0.25) is 0 Å². The van der Waals surface area contributed by atoms with Gasteiger partial charge in [-0.25, -0.2) is 4.57 Å². The highest BCUT2D eigenvalue weighted by Gasteiger charge is 1.91. The molecule has 58 valence electrons. The molecule has 0 aliphatic heterocycles. The molecule has 0 radical (unpaired) electrons. The largest absolute Gasteiger partial charge is 0.207 e. The van der Waals surface area contributed by atoms with E-state index in [9.17, 15) is 0 Å². The van der Waals surface area contributed by atoms with Gasteiger partial charge >= 0.3 is 0 Å². The number of pyridine rings is 1. The summed E-state index contributed by atoms with van der Waals surface area (Å²) in [7, 11) is 2.02. The summed E-state index contributed by atoms with van der Waals surface area (Å²) in [5.41, 5.74) is 1.24. The van der Waals surface area contributed by atoms with Crippen LogP contribution in [0.2, 0.25) is 0 Å². The van der Waals surface area contributed by atoms with Gasteiger partial charge in [-0.15, -0.1) is 11.8 Å². The van der Waals surface area contributed by atoms with Gasteiger partial charge in [0.05, 0.1) is 0 Å². The third kappa shape index (κ3) is 2.76. The third-order valence-electron chi connectivity index (χ3n) is 1.36. The van der Waals surface area contributed by atoms with Crippen LogP contribution in [0.4, 0.5) is 0 Å². The summed E-state index contributed by atoms with van der Waals surface area (Å²) < 4.78 is 2.04. The number of aromatic nitrogens is 1. The van der Waals surface area contributed by atoms with E-state index in [4.69, 9.17) is 0 Å². The predicted octanol–water partition coefficient (Wildman–Crippen LogP) is 1.84. The molecule has 0 spiro atoms. The lowest BCUT2D eigenvalue weighted by atomic mass is 10.3. The first-order valence-corrected chi connectivity index (χ1v) is 4.76. The molecule has 0 amide bonds. The second kappa shape index (κ2) is 4.19. The van der Waals surface area contributed by atoms with E-state index in [1.165, 1.54) is 5.56 Å². The maximum atomic E-state index is 2.10. The molecule has 0 fully saturated rings. The predicted molar refractivity (Wildman–Crippen MR) is 50.2 cm³/mol. The fraction of sp³-hybridized carbons (Fsp3) is 0.222. The summed E-state index contributed by atoms with van der Waals surface area (Å²) in [4.78, 5) is 0. The van der Waals surface area contributed by atoms with Crippen LogP contribution in [0.1, 0.15) is 5.56 Å². The smallest absolute Gasteiger partial charge is 0.175 e. The molecule has 0 saturated heterocycles. The molecule has 0 N–H and O–H groups in total. The van der Waals surface area contributed by atoms with Crippen molar-refractivity contribution in [2.45, 2.75) is 0 Å². The molecule has 0 atom stereocenters.